The summed E-state index contributed by atoms with van der Waals surface area (Å²) in [6.45, 7) is 5.81. The first-order valence-corrected chi connectivity index (χ1v) is 13.7. The largest absolute Gasteiger partial charge is 0.384 e. The zero-order chi connectivity index (χ0) is 25.2. The average molecular weight is 528 g/mol. The topological polar surface area (TPSA) is 55.1 Å². The van der Waals surface area contributed by atoms with E-state index in [2.05, 4.69) is 0 Å². The normalized spacial score (nSPS) is 12.6. The van der Waals surface area contributed by atoms with Gasteiger partial charge in [0.15, 0.2) is 0 Å². The van der Waals surface area contributed by atoms with Gasteiger partial charge < -0.3 is 5.11 Å². The van der Waals surface area contributed by atoms with Crippen LogP contribution in [-0.2, 0) is 16.4 Å². The van der Waals surface area contributed by atoms with Crippen molar-refractivity contribution < 1.29 is 9.32 Å². The van der Waals surface area contributed by atoms with E-state index >= 15 is 0 Å². The molecule has 0 spiro atoms. The van der Waals surface area contributed by atoms with Crippen LogP contribution in [0.2, 0.25) is 10.0 Å². The van der Waals surface area contributed by atoms with E-state index in [1.807, 2.05) is 92.2 Å². The molecule has 4 rings (SSSR count). The number of hydrogen-bond donors (Lipinski definition) is 1. The summed E-state index contributed by atoms with van der Waals surface area (Å²) in [4.78, 5) is 5.65. The van der Waals surface area contributed by atoms with E-state index in [4.69, 9.17) is 28.2 Å². The lowest BCUT2D eigenvalue weighted by atomic mass is 9.94. The van der Waals surface area contributed by atoms with Crippen LogP contribution in [0.5, 0.6) is 0 Å². The number of hydrogen-bond acceptors (Lipinski definition) is 3. The molecule has 1 heterocycles. The Bertz CT molecular complexity index is 1360. The molecule has 4 nitrogen and oxygen atoms in total. The first-order chi connectivity index (χ1) is 16.8. The third kappa shape index (κ3) is 5.10. The molecule has 3 aromatic carbocycles. The Hall–Kier alpha value is -2.44. The fraction of sp³-hybridized carbons (Fsp3) is 0.250. The van der Waals surface area contributed by atoms with Gasteiger partial charge in [-0.3, -0.25) is 8.78 Å². The third-order valence-electron chi connectivity index (χ3n) is 6.38. The van der Waals surface area contributed by atoms with Gasteiger partial charge in [0.05, 0.1) is 26.5 Å². The highest BCUT2D eigenvalue weighted by Gasteiger charge is 2.30. The molecule has 0 saturated carbocycles. The monoisotopic (exact) mass is 526 g/mol. The number of aliphatic hydroxyl groups is 1. The molecule has 4 aromatic rings. The van der Waals surface area contributed by atoms with Crippen molar-refractivity contribution in [3.63, 3.8) is 0 Å². The Labute approximate surface area is 219 Å². The number of benzene rings is 3. The molecule has 0 saturated heterocycles. The minimum Gasteiger partial charge on any atom is -0.384 e. The van der Waals surface area contributed by atoms with E-state index in [0.717, 1.165) is 21.7 Å². The quantitative estimate of drug-likeness (QED) is 0.256. The first-order valence-electron chi connectivity index (χ1n) is 11.7. The highest BCUT2D eigenvalue weighted by Crippen LogP contribution is 2.37. The maximum absolute atomic E-state index is 12.3. The molecule has 0 radical (unpaired) electrons. The zero-order valence-corrected chi connectivity index (χ0v) is 22.3. The number of rotatable bonds is 8. The van der Waals surface area contributed by atoms with Crippen LogP contribution in [0.4, 0.5) is 0 Å². The van der Waals surface area contributed by atoms with E-state index in [-0.39, 0.29) is 0 Å². The zero-order valence-electron chi connectivity index (χ0n) is 20.0. The van der Waals surface area contributed by atoms with Crippen LogP contribution in [0.25, 0.3) is 28.2 Å². The van der Waals surface area contributed by atoms with E-state index in [1.165, 1.54) is 0 Å². The van der Waals surface area contributed by atoms with Gasteiger partial charge in [-0.05, 0) is 60.4 Å². The lowest BCUT2D eigenvalue weighted by Gasteiger charge is -2.22. The Balaban J connectivity index is 1.81. The third-order valence-corrected chi connectivity index (χ3v) is 8.51. The lowest BCUT2D eigenvalue weighted by Crippen LogP contribution is -2.23. The molecule has 0 fully saturated rings. The summed E-state index contributed by atoms with van der Waals surface area (Å²) >= 11 is 12.9. The molecule has 1 atom stereocenters. The second-order valence-electron chi connectivity index (χ2n) is 8.37. The molecule has 0 aliphatic rings. The predicted molar refractivity (Wildman–Crippen MR) is 146 cm³/mol. The molecule has 0 aliphatic heterocycles. The van der Waals surface area contributed by atoms with Gasteiger partial charge in [0.25, 0.3) is 0 Å². The second-order valence-corrected chi connectivity index (χ2v) is 10.9. The molecular weight excluding hydrogens is 499 g/mol. The van der Waals surface area contributed by atoms with Crippen molar-refractivity contribution in [3.05, 3.63) is 88.7 Å². The number of nitrogens with zero attached hydrogens (tertiary/aromatic N) is 2. The van der Waals surface area contributed by atoms with Crippen molar-refractivity contribution in [3.8, 4) is 28.2 Å². The van der Waals surface area contributed by atoms with Gasteiger partial charge in [-0.1, -0.05) is 74.3 Å². The summed E-state index contributed by atoms with van der Waals surface area (Å²) in [7, 11) is -1.00. The van der Waals surface area contributed by atoms with Crippen molar-refractivity contribution in [2.45, 2.75) is 44.1 Å². The first kappa shape index (κ1) is 25.6. The Morgan fingerprint density at radius 1 is 0.943 bits per heavy atom. The molecule has 1 unspecified atom stereocenters. The fourth-order valence-electron chi connectivity index (χ4n) is 4.08. The molecule has 1 aromatic heterocycles. The minimum absolute atomic E-state index is 0.418. The van der Waals surface area contributed by atoms with Crippen molar-refractivity contribution in [2.24, 2.45) is 0 Å². The molecule has 35 heavy (non-hydrogen) atoms. The van der Waals surface area contributed by atoms with Crippen molar-refractivity contribution in [1.29, 1.82) is 0 Å². The summed E-state index contributed by atoms with van der Waals surface area (Å²) in [6.07, 6.45) is 2.95. The Morgan fingerprint density at radius 2 is 1.63 bits per heavy atom. The predicted octanol–water partition coefficient (Wildman–Crippen LogP) is 7.65. The van der Waals surface area contributed by atoms with Gasteiger partial charge in [-0.15, -0.1) is 0 Å². The van der Waals surface area contributed by atoms with Gasteiger partial charge in [-0.25, -0.2) is 4.98 Å². The summed E-state index contributed by atoms with van der Waals surface area (Å²) in [5.41, 5.74) is 3.14. The summed E-state index contributed by atoms with van der Waals surface area (Å²) in [5, 5.41) is 12.0. The maximum Gasteiger partial charge on any atom is 0.146 e. The molecule has 0 bridgehead atoms. The van der Waals surface area contributed by atoms with Gasteiger partial charge in [-0.2, -0.15) is 0 Å². The molecule has 0 amide bonds. The van der Waals surface area contributed by atoms with Crippen molar-refractivity contribution >= 4 is 34.0 Å². The molecule has 7 heteroatoms. The van der Waals surface area contributed by atoms with Gasteiger partial charge in [0, 0.05) is 28.1 Å². The SMILES string of the molecule is CCS(=O)c1cccc(-c2ccc(-n3cc(C(O)(CC)CC)nc3-c3cccc(Cl)c3Cl)cc2)c1. The van der Waals surface area contributed by atoms with Crippen LogP contribution >= 0.6 is 23.2 Å². The average Bonchev–Trinajstić information content (AvgIpc) is 3.35. The van der Waals surface area contributed by atoms with Crippen molar-refractivity contribution in [2.75, 3.05) is 5.75 Å². The summed E-state index contributed by atoms with van der Waals surface area (Å²) in [6, 6.07) is 21.3. The molecule has 0 aliphatic carbocycles. The van der Waals surface area contributed by atoms with Gasteiger partial charge >= 0.3 is 0 Å². The van der Waals surface area contributed by atoms with E-state index in [0.29, 0.717) is 45.7 Å². The number of aromatic nitrogens is 2. The Morgan fingerprint density at radius 3 is 2.29 bits per heavy atom. The fourth-order valence-corrected chi connectivity index (χ4v) is 5.29. The summed E-state index contributed by atoms with van der Waals surface area (Å²) < 4.78 is 14.2. The van der Waals surface area contributed by atoms with Crippen LogP contribution < -0.4 is 0 Å². The molecule has 182 valence electrons. The van der Waals surface area contributed by atoms with E-state index in [1.54, 1.807) is 6.07 Å². The number of halogens is 2. The Kier molecular flexibility index (Phi) is 7.82. The van der Waals surface area contributed by atoms with Crippen LogP contribution in [0.3, 0.4) is 0 Å². The molecular formula is C28H28Cl2N2O2S. The van der Waals surface area contributed by atoms with Crippen LogP contribution in [-0.4, -0.2) is 24.6 Å². The van der Waals surface area contributed by atoms with E-state index in [9.17, 15) is 9.32 Å². The standard InChI is InChI=1S/C28H28Cl2N2O2S/c1-4-28(33,5-2)25-18-32(27(31-25)23-11-8-12-24(29)26(23)30)21-15-13-19(14-16-21)20-9-7-10-22(17-20)35(34)6-3/h7-18,33H,4-6H2,1-3H3. The highest BCUT2D eigenvalue weighted by molar-refractivity contribution is 7.85. The lowest BCUT2D eigenvalue weighted by molar-refractivity contribution is 0.0244. The number of imidazole rings is 1. The van der Waals surface area contributed by atoms with E-state index < -0.39 is 16.4 Å². The molecule has 1 N–H and O–H groups in total. The highest BCUT2D eigenvalue weighted by atomic mass is 35.5. The van der Waals surface area contributed by atoms with Crippen LogP contribution in [0, 0.1) is 0 Å². The second kappa shape index (κ2) is 10.7. The van der Waals surface area contributed by atoms with Gasteiger partial charge in [0.1, 0.15) is 11.4 Å². The van der Waals surface area contributed by atoms with Gasteiger partial charge in [0.2, 0.25) is 0 Å². The smallest absolute Gasteiger partial charge is 0.146 e. The maximum atomic E-state index is 12.3. The van der Waals surface area contributed by atoms with Crippen molar-refractivity contribution in [1.82, 2.24) is 9.55 Å². The van der Waals surface area contributed by atoms with Crippen LogP contribution in [0.15, 0.2) is 77.8 Å². The minimum atomic E-state index is -1.04. The summed E-state index contributed by atoms with van der Waals surface area (Å²) in [5.74, 6) is 1.20. The van der Waals surface area contributed by atoms with Crippen LogP contribution in [0.1, 0.15) is 39.3 Å².